The zero-order valence-corrected chi connectivity index (χ0v) is 17.0. The number of hydrogen-bond acceptors (Lipinski definition) is 8. The molecular formula is C20H25NO7. The molecule has 0 radical (unpaired) electrons. The topological polar surface area (TPSA) is 91.4 Å². The summed E-state index contributed by atoms with van der Waals surface area (Å²) in [4.78, 5) is 38.3. The largest absolute Gasteiger partial charge is 0.466 e. The summed E-state index contributed by atoms with van der Waals surface area (Å²) in [6, 6.07) is 5.06. The second kappa shape index (κ2) is 8.43. The molecule has 1 aromatic carbocycles. The van der Waals surface area contributed by atoms with E-state index in [2.05, 4.69) is 0 Å². The number of esters is 3. The van der Waals surface area contributed by atoms with E-state index in [4.69, 9.17) is 18.9 Å². The van der Waals surface area contributed by atoms with Crippen LogP contribution in [0.1, 0.15) is 36.7 Å². The van der Waals surface area contributed by atoms with Crippen molar-refractivity contribution in [1.82, 2.24) is 0 Å². The van der Waals surface area contributed by atoms with E-state index in [9.17, 15) is 14.4 Å². The number of benzene rings is 1. The van der Waals surface area contributed by atoms with Gasteiger partial charge in [-0.3, -0.25) is 0 Å². The highest BCUT2D eigenvalue weighted by Gasteiger charge is 2.35. The molecule has 1 aliphatic heterocycles. The van der Waals surface area contributed by atoms with E-state index in [-0.39, 0.29) is 30.0 Å². The fourth-order valence-electron chi connectivity index (χ4n) is 2.97. The van der Waals surface area contributed by atoms with Gasteiger partial charge in [0, 0.05) is 5.69 Å². The van der Waals surface area contributed by atoms with E-state index in [1.165, 1.54) is 26.2 Å². The standard InChI is InChI=1S/C20H25NO7/c1-20(2,3)14-8-7-12(17(22)25-4)9-15(14)21-11-28-10-13(18(23)26-5)16(21)19(24)27-6/h7-9H,10-11H2,1-6H3. The third-order valence-corrected chi connectivity index (χ3v) is 4.35. The molecule has 0 atom stereocenters. The van der Waals surface area contributed by atoms with Crippen LogP contribution in [0, 0.1) is 0 Å². The third-order valence-electron chi connectivity index (χ3n) is 4.35. The first-order chi connectivity index (χ1) is 13.1. The highest BCUT2D eigenvalue weighted by Crippen LogP contribution is 2.36. The lowest BCUT2D eigenvalue weighted by Gasteiger charge is -2.35. The fraction of sp³-hybridized carbons (Fsp3) is 0.450. The molecule has 0 saturated carbocycles. The van der Waals surface area contributed by atoms with Crippen LogP contribution in [0.15, 0.2) is 29.5 Å². The normalized spacial score (nSPS) is 14.6. The number of methoxy groups -OCH3 is 3. The zero-order valence-electron chi connectivity index (χ0n) is 17.0. The molecule has 8 heteroatoms. The molecule has 0 unspecified atom stereocenters. The van der Waals surface area contributed by atoms with E-state index >= 15 is 0 Å². The van der Waals surface area contributed by atoms with Crippen LogP contribution >= 0.6 is 0 Å². The fourth-order valence-corrected chi connectivity index (χ4v) is 2.97. The molecule has 0 bridgehead atoms. The van der Waals surface area contributed by atoms with Crippen molar-refractivity contribution in [1.29, 1.82) is 0 Å². The first-order valence-electron chi connectivity index (χ1n) is 8.63. The molecule has 152 valence electrons. The van der Waals surface area contributed by atoms with Gasteiger partial charge in [0.1, 0.15) is 12.4 Å². The highest BCUT2D eigenvalue weighted by atomic mass is 16.5. The second-order valence-electron chi connectivity index (χ2n) is 7.19. The lowest BCUT2D eigenvalue weighted by atomic mass is 9.84. The van der Waals surface area contributed by atoms with Gasteiger partial charge in [0.05, 0.1) is 39.1 Å². The molecule has 0 saturated heterocycles. The van der Waals surface area contributed by atoms with E-state index in [0.717, 1.165) is 5.56 Å². The maximum atomic E-state index is 12.5. The monoisotopic (exact) mass is 391 g/mol. The summed E-state index contributed by atoms with van der Waals surface area (Å²) in [7, 11) is 3.74. The number of anilines is 1. The first-order valence-corrected chi connectivity index (χ1v) is 8.63. The Morgan fingerprint density at radius 1 is 0.964 bits per heavy atom. The molecule has 0 fully saturated rings. The summed E-state index contributed by atoms with van der Waals surface area (Å²) in [6.07, 6.45) is 0. The lowest BCUT2D eigenvalue weighted by Crippen LogP contribution is -2.40. The average Bonchev–Trinajstić information content (AvgIpc) is 2.70. The Morgan fingerprint density at radius 2 is 1.57 bits per heavy atom. The predicted octanol–water partition coefficient (Wildman–Crippen LogP) is 2.16. The van der Waals surface area contributed by atoms with Crippen molar-refractivity contribution in [3.8, 4) is 0 Å². The lowest BCUT2D eigenvalue weighted by molar-refractivity contribution is -0.140. The van der Waals surface area contributed by atoms with Crippen LogP contribution in [-0.2, 0) is 34.0 Å². The highest BCUT2D eigenvalue weighted by molar-refractivity contribution is 6.04. The SMILES string of the molecule is COC(=O)C1=C(C(=O)OC)N(c2cc(C(=O)OC)ccc2C(C)(C)C)COC1. The minimum Gasteiger partial charge on any atom is -0.466 e. The van der Waals surface area contributed by atoms with Gasteiger partial charge in [-0.1, -0.05) is 26.8 Å². The number of hydrogen-bond donors (Lipinski definition) is 0. The van der Waals surface area contributed by atoms with Crippen LogP contribution in [0.25, 0.3) is 0 Å². The third kappa shape index (κ3) is 4.17. The Balaban J connectivity index is 2.76. The molecular weight excluding hydrogens is 366 g/mol. The summed E-state index contributed by atoms with van der Waals surface area (Å²) in [6.45, 7) is 5.90. The number of rotatable bonds is 4. The Hall–Kier alpha value is -2.87. The summed E-state index contributed by atoms with van der Waals surface area (Å²) in [5.74, 6) is -1.91. The minimum atomic E-state index is -0.702. The summed E-state index contributed by atoms with van der Waals surface area (Å²) >= 11 is 0. The number of nitrogens with zero attached hydrogens (tertiary/aromatic N) is 1. The Kier molecular flexibility index (Phi) is 6.45. The summed E-state index contributed by atoms with van der Waals surface area (Å²) in [5.41, 5.74) is 1.43. The molecule has 1 heterocycles. The Morgan fingerprint density at radius 3 is 2.11 bits per heavy atom. The van der Waals surface area contributed by atoms with Gasteiger partial charge in [-0.05, 0) is 23.1 Å². The van der Waals surface area contributed by atoms with Crippen molar-refractivity contribution in [2.75, 3.05) is 39.6 Å². The van der Waals surface area contributed by atoms with Crippen molar-refractivity contribution in [2.45, 2.75) is 26.2 Å². The maximum absolute atomic E-state index is 12.5. The van der Waals surface area contributed by atoms with Crippen molar-refractivity contribution in [3.05, 3.63) is 40.6 Å². The molecule has 8 nitrogen and oxygen atoms in total. The maximum Gasteiger partial charge on any atom is 0.355 e. The molecule has 0 spiro atoms. The number of carbonyl (C=O) groups excluding carboxylic acids is 3. The van der Waals surface area contributed by atoms with Gasteiger partial charge >= 0.3 is 17.9 Å². The van der Waals surface area contributed by atoms with E-state index in [0.29, 0.717) is 11.3 Å². The molecule has 1 aliphatic rings. The van der Waals surface area contributed by atoms with Crippen molar-refractivity contribution in [3.63, 3.8) is 0 Å². The van der Waals surface area contributed by atoms with Crippen molar-refractivity contribution in [2.24, 2.45) is 0 Å². The van der Waals surface area contributed by atoms with Gasteiger partial charge in [-0.2, -0.15) is 0 Å². The van der Waals surface area contributed by atoms with E-state index in [1.54, 1.807) is 18.2 Å². The summed E-state index contributed by atoms with van der Waals surface area (Å²) < 4.78 is 20.0. The van der Waals surface area contributed by atoms with Crippen LogP contribution in [0.3, 0.4) is 0 Å². The smallest absolute Gasteiger partial charge is 0.355 e. The number of carbonyl (C=O) groups is 3. The van der Waals surface area contributed by atoms with E-state index in [1.807, 2.05) is 20.8 Å². The van der Waals surface area contributed by atoms with Crippen molar-refractivity contribution < 1.29 is 33.3 Å². The van der Waals surface area contributed by atoms with Crippen LogP contribution in [0.4, 0.5) is 5.69 Å². The van der Waals surface area contributed by atoms with Gasteiger partial charge in [0.25, 0.3) is 0 Å². The second-order valence-corrected chi connectivity index (χ2v) is 7.19. The van der Waals surface area contributed by atoms with Crippen LogP contribution in [-0.4, -0.2) is 52.6 Å². The van der Waals surface area contributed by atoms with Gasteiger partial charge in [-0.25, -0.2) is 14.4 Å². The molecule has 28 heavy (non-hydrogen) atoms. The average molecular weight is 391 g/mol. The van der Waals surface area contributed by atoms with Crippen molar-refractivity contribution >= 4 is 23.6 Å². The molecule has 0 N–H and O–H groups in total. The van der Waals surface area contributed by atoms with Gasteiger partial charge in [0.15, 0.2) is 0 Å². The van der Waals surface area contributed by atoms with Crippen LogP contribution < -0.4 is 4.90 Å². The molecule has 1 aromatic rings. The Labute approximate surface area is 164 Å². The first kappa shape index (κ1) is 21.4. The van der Waals surface area contributed by atoms with Crippen LogP contribution in [0.5, 0.6) is 0 Å². The predicted molar refractivity (Wildman–Crippen MR) is 101 cm³/mol. The molecule has 0 aromatic heterocycles. The number of ether oxygens (including phenoxy) is 4. The minimum absolute atomic E-state index is 0.00136. The van der Waals surface area contributed by atoms with Gasteiger partial charge in [0.2, 0.25) is 0 Å². The quantitative estimate of drug-likeness (QED) is 0.570. The molecule has 0 amide bonds. The van der Waals surface area contributed by atoms with E-state index < -0.39 is 17.9 Å². The zero-order chi connectivity index (χ0) is 21.1. The van der Waals surface area contributed by atoms with Crippen LogP contribution in [0.2, 0.25) is 0 Å². The van der Waals surface area contributed by atoms with Gasteiger partial charge in [-0.15, -0.1) is 0 Å². The Bertz CT molecular complexity index is 820. The molecule has 0 aliphatic carbocycles. The molecule has 2 rings (SSSR count). The summed E-state index contributed by atoms with van der Waals surface area (Å²) in [5, 5.41) is 0. The van der Waals surface area contributed by atoms with Gasteiger partial charge < -0.3 is 23.8 Å².